The van der Waals surface area contributed by atoms with E-state index in [1.807, 2.05) is 12.3 Å². The zero-order chi connectivity index (χ0) is 20.2. The van der Waals surface area contributed by atoms with Crippen LogP contribution in [0.2, 0.25) is 0 Å². The maximum Gasteiger partial charge on any atom is 0.124 e. The summed E-state index contributed by atoms with van der Waals surface area (Å²) < 4.78 is 6.02. The molecule has 1 atom stereocenters. The van der Waals surface area contributed by atoms with Crippen molar-refractivity contribution in [1.82, 2.24) is 4.98 Å². The van der Waals surface area contributed by atoms with Gasteiger partial charge in [0.25, 0.3) is 0 Å². The summed E-state index contributed by atoms with van der Waals surface area (Å²) in [4.78, 5) is 6.39. The minimum absolute atomic E-state index is 0.434. The maximum absolute atomic E-state index is 6.02. The van der Waals surface area contributed by atoms with E-state index in [4.69, 9.17) is 4.74 Å². The Labute approximate surface area is 173 Å². The number of ether oxygens (including phenoxy) is 1. The Morgan fingerprint density at radius 2 is 1.90 bits per heavy atom. The first-order chi connectivity index (χ1) is 14.1. The third-order valence-electron chi connectivity index (χ3n) is 5.71. The Morgan fingerprint density at radius 3 is 2.62 bits per heavy atom. The lowest BCUT2D eigenvalue weighted by Crippen LogP contribution is -2.21. The average molecular weight is 388 g/mol. The van der Waals surface area contributed by atoms with Crippen LogP contribution in [0.15, 0.2) is 67.0 Å². The van der Waals surface area contributed by atoms with Crippen LogP contribution in [0.3, 0.4) is 0 Å². The largest absolute Gasteiger partial charge is 0.493 e. The summed E-state index contributed by atoms with van der Waals surface area (Å²) in [6.07, 6.45) is 4.68. The average Bonchev–Trinajstić information content (AvgIpc) is 2.77. The van der Waals surface area contributed by atoms with Gasteiger partial charge in [-0.3, -0.25) is 4.98 Å². The summed E-state index contributed by atoms with van der Waals surface area (Å²) >= 11 is 0. The molecule has 0 unspecified atom stereocenters. The van der Waals surface area contributed by atoms with Crippen molar-refractivity contribution in [3.05, 3.63) is 78.1 Å². The van der Waals surface area contributed by atoms with E-state index in [9.17, 15) is 0 Å². The summed E-state index contributed by atoms with van der Waals surface area (Å²) in [6.45, 7) is 6.08. The topological polar surface area (TPSA) is 37.4 Å². The van der Waals surface area contributed by atoms with Gasteiger partial charge in [-0.2, -0.15) is 0 Å². The van der Waals surface area contributed by atoms with E-state index >= 15 is 0 Å². The Balaban J connectivity index is 1.50. The molecule has 4 rings (SSSR count). The SMILES string of the molecule is CC(C)c1ccc(N(C)c2ccc3c(c2)OCC[C@H]3CNc2cccnc2)cc1. The molecule has 0 saturated heterocycles. The van der Waals surface area contributed by atoms with Gasteiger partial charge in [-0.05, 0) is 53.8 Å². The number of anilines is 3. The van der Waals surface area contributed by atoms with Crippen molar-refractivity contribution in [2.45, 2.75) is 32.1 Å². The molecule has 0 saturated carbocycles. The second-order valence-corrected chi connectivity index (χ2v) is 7.98. The molecule has 29 heavy (non-hydrogen) atoms. The van der Waals surface area contributed by atoms with Crippen LogP contribution in [-0.2, 0) is 0 Å². The smallest absolute Gasteiger partial charge is 0.124 e. The van der Waals surface area contributed by atoms with Crippen LogP contribution in [-0.4, -0.2) is 25.2 Å². The lowest BCUT2D eigenvalue weighted by molar-refractivity contribution is 0.270. The van der Waals surface area contributed by atoms with Gasteiger partial charge < -0.3 is 15.0 Å². The van der Waals surface area contributed by atoms with Crippen LogP contribution in [0.5, 0.6) is 5.75 Å². The monoisotopic (exact) mass is 387 g/mol. The maximum atomic E-state index is 6.02. The van der Waals surface area contributed by atoms with Gasteiger partial charge in [-0.1, -0.05) is 32.0 Å². The van der Waals surface area contributed by atoms with Gasteiger partial charge in [-0.15, -0.1) is 0 Å². The Hall–Kier alpha value is -3.01. The molecule has 0 aliphatic carbocycles. The highest BCUT2D eigenvalue weighted by Crippen LogP contribution is 2.38. The molecular formula is C25H29N3O. The summed E-state index contributed by atoms with van der Waals surface area (Å²) in [5.41, 5.74) is 6.02. The van der Waals surface area contributed by atoms with Gasteiger partial charge in [0.1, 0.15) is 5.75 Å². The van der Waals surface area contributed by atoms with E-state index < -0.39 is 0 Å². The van der Waals surface area contributed by atoms with E-state index in [1.54, 1.807) is 6.20 Å². The van der Waals surface area contributed by atoms with E-state index in [2.05, 4.69) is 84.6 Å². The molecule has 0 spiro atoms. The lowest BCUT2D eigenvalue weighted by Gasteiger charge is -2.28. The second-order valence-electron chi connectivity index (χ2n) is 7.98. The molecule has 2 aromatic carbocycles. The molecule has 4 nitrogen and oxygen atoms in total. The quantitative estimate of drug-likeness (QED) is 0.567. The molecular weight excluding hydrogens is 358 g/mol. The summed E-state index contributed by atoms with van der Waals surface area (Å²) in [6, 6.07) is 19.4. The predicted octanol–water partition coefficient (Wildman–Crippen LogP) is 5.95. The number of fused-ring (bicyclic) bond motifs is 1. The fourth-order valence-electron chi connectivity index (χ4n) is 3.81. The highest BCUT2D eigenvalue weighted by atomic mass is 16.5. The molecule has 4 heteroatoms. The molecule has 150 valence electrons. The summed E-state index contributed by atoms with van der Waals surface area (Å²) in [7, 11) is 2.11. The number of rotatable bonds is 6. The summed E-state index contributed by atoms with van der Waals surface area (Å²) in [5.74, 6) is 1.98. The first kappa shape index (κ1) is 19.3. The molecule has 0 fully saturated rings. The number of hydrogen-bond acceptors (Lipinski definition) is 4. The zero-order valence-corrected chi connectivity index (χ0v) is 17.4. The molecule has 0 bridgehead atoms. The standard InChI is InChI=1S/C25H29N3O/c1-18(2)19-6-8-22(9-7-19)28(3)23-10-11-24-20(12-14-29-25(24)15-23)16-27-21-5-4-13-26-17-21/h4-11,13,15,17-18,20,27H,12,14,16H2,1-3H3/t20-/m0/s1. The number of aromatic nitrogens is 1. The van der Waals surface area contributed by atoms with E-state index in [0.717, 1.165) is 36.7 Å². The summed E-state index contributed by atoms with van der Waals surface area (Å²) in [5, 5.41) is 3.50. The third kappa shape index (κ3) is 4.37. The van der Waals surface area contributed by atoms with Gasteiger partial charge in [0.05, 0.1) is 12.3 Å². The van der Waals surface area contributed by atoms with E-state index in [1.165, 1.54) is 16.8 Å². The Kier molecular flexibility index (Phi) is 5.70. The third-order valence-corrected chi connectivity index (χ3v) is 5.71. The van der Waals surface area contributed by atoms with Crippen LogP contribution in [0.4, 0.5) is 17.1 Å². The van der Waals surface area contributed by atoms with Crippen molar-refractivity contribution in [3.8, 4) is 5.75 Å². The van der Waals surface area contributed by atoms with Crippen LogP contribution in [0.1, 0.15) is 43.2 Å². The molecule has 0 radical (unpaired) electrons. The van der Waals surface area contributed by atoms with Crippen molar-refractivity contribution < 1.29 is 4.74 Å². The predicted molar refractivity (Wildman–Crippen MR) is 121 cm³/mol. The van der Waals surface area contributed by atoms with Crippen molar-refractivity contribution >= 4 is 17.1 Å². The van der Waals surface area contributed by atoms with Gasteiger partial charge in [-0.25, -0.2) is 0 Å². The van der Waals surface area contributed by atoms with Crippen molar-refractivity contribution in [2.24, 2.45) is 0 Å². The number of benzene rings is 2. The van der Waals surface area contributed by atoms with Crippen molar-refractivity contribution in [2.75, 3.05) is 30.4 Å². The molecule has 1 N–H and O–H groups in total. The molecule has 2 heterocycles. The second kappa shape index (κ2) is 8.56. The van der Waals surface area contributed by atoms with E-state index in [-0.39, 0.29) is 0 Å². The van der Waals surface area contributed by atoms with Gasteiger partial charge >= 0.3 is 0 Å². The number of pyridine rings is 1. The highest BCUT2D eigenvalue weighted by molar-refractivity contribution is 5.65. The minimum atomic E-state index is 0.434. The van der Waals surface area contributed by atoms with Crippen LogP contribution < -0.4 is 15.0 Å². The molecule has 1 aliphatic rings. The molecule has 1 aromatic heterocycles. The Bertz CT molecular complexity index is 938. The van der Waals surface area contributed by atoms with Crippen LogP contribution in [0.25, 0.3) is 0 Å². The van der Waals surface area contributed by atoms with Crippen molar-refractivity contribution in [3.63, 3.8) is 0 Å². The van der Waals surface area contributed by atoms with E-state index in [0.29, 0.717) is 11.8 Å². The molecule has 0 amide bonds. The first-order valence-corrected chi connectivity index (χ1v) is 10.4. The normalized spacial score (nSPS) is 15.5. The van der Waals surface area contributed by atoms with Crippen molar-refractivity contribution in [1.29, 1.82) is 0 Å². The Morgan fingerprint density at radius 1 is 1.10 bits per heavy atom. The highest BCUT2D eigenvalue weighted by Gasteiger charge is 2.22. The van der Waals surface area contributed by atoms with Gasteiger partial charge in [0.2, 0.25) is 0 Å². The molecule has 1 aliphatic heterocycles. The fourth-order valence-corrected chi connectivity index (χ4v) is 3.81. The zero-order valence-electron chi connectivity index (χ0n) is 17.4. The first-order valence-electron chi connectivity index (χ1n) is 10.4. The van der Waals surface area contributed by atoms with Gasteiger partial charge in [0.15, 0.2) is 0 Å². The minimum Gasteiger partial charge on any atom is -0.493 e. The number of nitrogens with one attached hydrogen (secondary N) is 1. The van der Waals surface area contributed by atoms with Crippen LogP contribution >= 0.6 is 0 Å². The van der Waals surface area contributed by atoms with Crippen LogP contribution in [0, 0.1) is 0 Å². The molecule has 3 aromatic rings. The van der Waals surface area contributed by atoms with Gasteiger partial charge in [0, 0.05) is 49.3 Å². The number of nitrogens with zero attached hydrogens (tertiary/aromatic N) is 2. The fraction of sp³-hybridized carbons (Fsp3) is 0.320. The number of hydrogen-bond donors (Lipinski definition) is 1. The lowest BCUT2D eigenvalue weighted by atomic mass is 9.92.